The fraction of sp³-hybridized carbons (Fsp3) is 0.552. The van der Waals surface area contributed by atoms with E-state index in [-0.39, 0.29) is 15.1 Å². The van der Waals surface area contributed by atoms with E-state index in [2.05, 4.69) is 40.2 Å². The molecule has 0 radical (unpaired) electrons. The van der Waals surface area contributed by atoms with Gasteiger partial charge in [0, 0.05) is 42.0 Å². The molecule has 2 heterocycles. The van der Waals surface area contributed by atoms with Crippen LogP contribution in [0.2, 0.25) is 10.0 Å². The average Bonchev–Trinajstić information content (AvgIpc) is 3.33. The molecular formula is C29H42Cl2N5O2PS2. The Balaban J connectivity index is 1.70. The summed E-state index contributed by atoms with van der Waals surface area (Å²) in [6.45, 7) is 11.0. The van der Waals surface area contributed by atoms with Crippen molar-refractivity contribution in [3.8, 4) is 0 Å². The molecule has 0 atom stereocenters. The molecule has 226 valence electrons. The summed E-state index contributed by atoms with van der Waals surface area (Å²) in [4.78, 5) is -0.0520. The van der Waals surface area contributed by atoms with Crippen LogP contribution in [0.1, 0.15) is 72.1 Å². The van der Waals surface area contributed by atoms with Gasteiger partial charge in [-0.3, -0.25) is 14.1 Å². The third-order valence-electron chi connectivity index (χ3n) is 7.63. The van der Waals surface area contributed by atoms with E-state index in [4.69, 9.17) is 40.2 Å². The highest BCUT2D eigenvalue weighted by Crippen LogP contribution is 2.67. The molecule has 12 heteroatoms. The number of thiocarbonyl (C=S) groups is 1. The van der Waals surface area contributed by atoms with E-state index in [1.54, 1.807) is 36.4 Å². The number of halogens is 2. The van der Waals surface area contributed by atoms with Crippen LogP contribution in [0.15, 0.2) is 52.1 Å². The number of nitrogens with one attached hydrogen (secondary N) is 2. The third kappa shape index (κ3) is 8.05. The minimum atomic E-state index is -3.98. The van der Waals surface area contributed by atoms with Crippen molar-refractivity contribution in [2.24, 2.45) is 4.74 Å². The highest BCUT2D eigenvalue weighted by atomic mass is 35.5. The van der Waals surface area contributed by atoms with Crippen molar-refractivity contribution in [1.29, 1.82) is 0 Å². The molecule has 41 heavy (non-hydrogen) atoms. The van der Waals surface area contributed by atoms with Crippen molar-refractivity contribution in [3.05, 3.63) is 52.5 Å². The number of anilines is 2. The highest BCUT2D eigenvalue weighted by Gasteiger charge is 2.44. The molecule has 0 amide bonds. The van der Waals surface area contributed by atoms with Crippen LogP contribution in [0.5, 0.6) is 0 Å². The van der Waals surface area contributed by atoms with E-state index in [0.29, 0.717) is 21.5 Å². The summed E-state index contributed by atoms with van der Waals surface area (Å²) in [5, 5.41) is 4.05. The lowest BCUT2D eigenvalue weighted by atomic mass is 10.2. The number of nitrogens with zero attached hydrogens (tertiary/aromatic N) is 3. The summed E-state index contributed by atoms with van der Waals surface area (Å²) >= 11 is 18.4. The van der Waals surface area contributed by atoms with Crippen LogP contribution >= 0.6 is 42.8 Å². The van der Waals surface area contributed by atoms with Crippen LogP contribution in [0, 0.1) is 0 Å². The first-order valence-corrected chi connectivity index (χ1v) is 18.7. The van der Waals surface area contributed by atoms with E-state index in [9.17, 15) is 8.42 Å². The van der Waals surface area contributed by atoms with Gasteiger partial charge in [-0.2, -0.15) is 0 Å². The first-order valence-electron chi connectivity index (χ1n) is 14.4. The molecule has 0 spiro atoms. The fourth-order valence-electron chi connectivity index (χ4n) is 5.79. The SMILES string of the molecule is CC(C)(C)P(=NC(=S)Nc1ccc(Cl)c(S(=O)(=O)Nc2cccc(Cl)c2)c1)(N1CCCCCC1)N1CCCCCC1. The number of hydrogen-bond acceptors (Lipinski definition) is 3. The quantitative estimate of drug-likeness (QED) is 0.238. The molecule has 2 aromatic rings. The summed E-state index contributed by atoms with van der Waals surface area (Å²) < 4.78 is 39.9. The highest BCUT2D eigenvalue weighted by molar-refractivity contribution is 7.92. The van der Waals surface area contributed by atoms with Crippen LogP contribution in [-0.4, -0.2) is 54.2 Å². The Morgan fingerprint density at radius 1 is 0.854 bits per heavy atom. The predicted molar refractivity (Wildman–Crippen MR) is 179 cm³/mol. The van der Waals surface area contributed by atoms with Crippen LogP contribution in [0.4, 0.5) is 11.4 Å². The maximum absolute atomic E-state index is 13.3. The monoisotopic (exact) mass is 657 g/mol. The van der Waals surface area contributed by atoms with Gasteiger partial charge in [-0.1, -0.05) is 75.7 Å². The molecule has 2 saturated heterocycles. The van der Waals surface area contributed by atoms with E-state index in [1.807, 2.05) is 0 Å². The van der Waals surface area contributed by atoms with Crippen molar-refractivity contribution in [2.45, 2.75) is 82.2 Å². The van der Waals surface area contributed by atoms with Gasteiger partial charge in [-0.15, -0.1) is 0 Å². The van der Waals surface area contributed by atoms with Crippen molar-refractivity contribution in [1.82, 2.24) is 9.34 Å². The van der Waals surface area contributed by atoms with Gasteiger partial charge < -0.3 is 5.32 Å². The summed E-state index contributed by atoms with van der Waals surface area (Å²) in [6.07, 6.45) is 9.64. The Morgan fingerprint density at radius 2 is 1.41 bits per heavy atom. The van der Waals surface area contributed by atoms with E-state index in [1.165, 1.54) is 57.4 Å². The lowest BCUT2D eigenvalue weighted by Crippen LogP contribution is -2.42. The molecule has 7 nitrogen and oxygen atoms in total. The zero-order valence-electron chi connectivity index (χ0n) is 24.2. The molecule has 0 bridgehead atoms. The smallest absolute Gasteiger partial charge is 0.263 e. The zero-order chi connectivity index (χ0) is 29.7. The molecule has 2 aromatic carbocycles. The third-order valence-corrected chi connectivity index (χ3v) is 14.7. The van der Waals surface area contributed by atoms with Gasteiger partial charge in [0.1, 0.15) is 12.3 Å². The molecule has 0 aromatic heterocycles. The number of benzene rings is 2. The summed E-state index contributed by atoms with van der Waals surface area (Å²) in [5.74, 6) is 0. The second-order valence-electron chi connectivity index (χ2n) is 11.8. The zero-order valence-corrected chi connectivity index (χ0v) is 28.2. The van der Waals surface area contributed by atoms with Crippen LogP contribution in [-0.2, 0) is 10.0 Å². The maximum Gasteiger partial charge on any atom is 0.263 e. The predicted octanol–water partition coefficient (Wildman–Crippen LogP) is 9.07. The molecule has 0 saturated carbocycles. The summed E-state index contributed by atoms with van der Waals surface area (Å²) in [6, 6.07) is 11.3. The summed E-state index contributed by atoms with van der Waals surface area (Å²) in [7, 11) is -6.25. The van der Waals surface area contributed by atoms with Crippen LogP contribution in [0.3, 0.4) is 0 Å². The Morgan fingerprint density at radius 3 is 1.93 bits per heavy atom. The van der Waals surface area contributed by atoms with E-state index in [0.717, 1.165) is 26.2 Å². The molecule has 2 fully saturated rings. The fourth-order valence-corrected chi connectivity index (χ4v) is 12.6. The minimum absolute atomic E-state index is 0.0520. The Kier molecular flexibility index (Phi) is 11.2. The topological polar surface area (TPSA) is 77.0 Å². The lowest BCUT2D eigenvalue weighted by molar-refractivity contribution is 0.368. The second-order valence-corrected chi connectivity index (χ2v) is 18.5. The number of hydrogen-bond donors (Lipinski definition) is 2. The standard InChI is InChI=1S/C29H42Cl2N5O2PS2/c1-29(2,3)39(35-17-8-4-5-9-18-35,36-19-10-6-7-11-20-36)33-28(40)32-24-15-16-26(31)27(22-24)41(37,38)34-25-14-12-13-23(30)21-25/h12-16,21-22,34H,4-11,17-20H2,1-3H3,(H,32,40). The molecule has 0 unspecified atom stereocenters. The molecule has 4 rings (SSSR count). The van der Waals surface area contributed by atoms with E-state index < -0.39 is 17.4 Å². The van der Waals surface area contributed by atoms with Gasteiger partial charge in [0.25, 0.3) is 10.0 Å². The molecule has 2 N–H and O–H groups in total. The first-order chi connectivity index (χ1) is 19.4. The van der Waals surface area contributed by atoms with Gasteiger partial charge >= 0.3 is 0 Å². The first kappa shape index (κ1) is 32.7. The van der Waals surface area contributed by atoms with Crippen molar-refractivity contribution in [3.63, 3.8) is 0 Å². The minimum Gasteiger partial charge on any atom is -0.331 e. The van der Waals surface area contributed by atoms with Gasteiger partial charge in [-0.05, 0) is 74.3 Å². The molecule has 0 aliphatic carbocycles. The number of rotatable bonds is 6. The van der Waals surface area contributed by atoms with Crippen molar-refractivity contribution in [2.75, 3.05) is 36.2 Å². The summed E-state index contributed by atoms with van der Waals surface area (Å²) in [5.41, 5.74) is 0.875. The lowest BCUT2D eigenvalue weighted by Gasteiger charge is -2.50. The van der Waals surface area contributed by atoms with E-state index >= 15 is 0 Å². The van der Waals surface area contributed by atoms with Crippen molar-refractivity contribution >= 4 is 69.3 Å². The van der Waals surface area contributed by atoms with Gasteiger partial charge in [0.2, 0.25) is 0 Å². The second kappa shape index (κ2) is 14.1. The average molecular weight is 659 g/mol. The Bertz CT molecular complexity index is 1360. The number of sulfonamides is 1. The Labute approximate surface area is 261 Å². The Hall–Kier alpha value is -1.19. The van der Waals surface area contributed by atoms with Crippen LogP contribution < -0.4 is 10.0 Å². The van der Waals surface area contributed by atoms with Gasteiger partial charge in [-0.25, -0.2) is 13.2 Å². The maximum atomic E-state index is 13.3. The largest absolute Gasteiger partial charge is 0.331 e. The van der Waals surface area contributed by atoms with Crippen LogP contribution in [0.25, 0.3) is 0 Å². The molecule has 2 aliphatic heterocycles. The van der Waals surface area contributed by atoms with Crippen molar-refractivity contribution < 1.29 is 8.42 Å². The molecular weight excluding hydrogens is 616 g/mol. The molecule has 2 aliphatic rings. The van der Waals surface area contributed by atoms with Gasteiger partial charge in [0.15, 0.2) is 5.11 Å². The van der Waals surface area contributed by atoms with Gasteiger partial charge in [0.05, 0.1) is 10.7 Å². The normalized spacial score (nSPS) is 18.3.